The summed E-state index contributed by atoms with van der Waals surface area (Å²) in [6.45, 7) is 3.24. The van der Waals surface area contributed by atoms with Crippen molar-refractivity contribution in [1.29, 1.82) is 0 Å². The van der Waals surface area contributed by atoms with Crippen molar-refractivity contribution >= 4 is 17.2 Å². The van der Waals surface area contributed by atoms with E-state index < -0.39 is 0 Å². The molecule has 0 spiro atoms. The topological polar surface area (TPSA) is 42.3 Å². The molecule has 0 N–H and O–H groups in total. The quantitative estimate of drug-likeness (QED) is 0.846. The number of thiazole rings is 1. The maximum atomic E-state index is 12.6. The highest BCUT2D eigenvalue weighted by molar-refractivity contribution is 7.07. The molecular weight excluding hydrogens is 308 g/mol. The Morgan fingerprint density at radius 1 is 1.30 bits per heavy atom. The predicted octanol–water partition coefficient (Wildman–Crippen LogP) is 2.84. The summed E-state index contributed by atoms with van der Waals surface area (Å²) >= 11 is 1.20. The summed E-state index contributed by atoms with van der Waals surface area (Å²) in [4.78, 5) is 26.4. The lowest BCUT2D eigenvalue weighted by Crippen LogP contribution is -2.37. The Bertz CT molecular complexity index is 720. The van der Waals surface area contributed by atoms with Gasteiger partial charge in [0, 0.05) is 36.6 Å². The van der Waals surface area contributed by atoms with Gasteiger partial charge in [-0.25, -0.2) is 0 Å². The minimum atomic E-state index is 0.0255. The third-order valence-electron chi connectivity index (χ3n) is 4.54. The molecular formula is C18H22N2O2S. The van der Waals surface area contributed by atoms with E-state index in [4.69, 9.17) is 0 Å². The third-order valence-corrected chi connectivity index (χ3v) is 5.42. The molecule has 23 heavy (non-hydrogen) atoms. The maximum Gasteiger partial charge on any atom is 0.307 e. The number of carbonyl (C=O) groups is 1. The highest BCUT2D eigenvalue weighted by Crippen LogP contribution is 2.22. The van der Waals surface area contributed by atoms with Crippen LogP contribution in [-0.2, 0) is 17.8 Å². The van der Waals surface area contributed by atoms with Gasteiger partial charge in [0.2, 0.25) is 5.91 Å². The molecule has 1 atom stereocenters. The van der Waals surface area contributed by atoms with Gasteiger partial charge in [0.15, 0.2) is 0 Å². The number of amides is 1. The molecule has 1 aromatic heterocycles. The minimum absolute atomic E-state index is 0.0255. The van der Waals surface area contributed by atoms with Gasteiger partial charge >= 0.3 is 4.87 Å². The Kier molecular flexibility index (Phi) is 4.96. The van der Waals surface area contributed by atoms with E-state index in [2.05, 4.69) is 12.1 Å². The SMILES string of the molecule is Cc1csc(=O)n1CCC(=O)N1CCC[C@@H]1Cc1ccccc1. The fourth-order valence-electron chi connectivity index (χ4n) is 3.29. The van der Waals surface area contributed by atoms with Gasteiger partial charge in [-0.2, -0.15) is 0 Å². The van der Waals surface area contributed by atoms with Crippen molar-refractivity contribution < 1.29 is 4.79 Å². The van der Waals surface area contributed by atoms with Crippen LogP contribution in [0.15, 0.2) is 40.5 Å². The smallest absolute Gasteiger partial charge is 0.307 e. The van der Waals surface area contributed by atoms with E-state index in [9.17, 15) is 9.59 Å². The molecule has 1 aromatic carbocycles. The van der Waals surface area contributed by atoms with Gasteiger partial charge in [0.25, 0.3) is 0 Å². The van der Waals surface area contributed by atoms with E-state index in [1.807, 2.05) is 35.4 Å². The van der Waals surface area contributed by atoms with Crippen molar-refractivity contribution in [2.24, 2.45) is 0 Å². The highest BCUT2D eigenvalue weighted by Gasteiger charge is 2.28. The number of benzene rings is 1. The predicted molar refractivity (Wildman–Crippen MR) is 92.8 cm³/mol. The fourth-order valence-corrected chi connectivity index (χ4v) is 4.05. The van der Waals surface area contributed by atoms with Crippen LogP contribution in [0.5, 0.6) is 0 Å². The molecule has 0 radical (unpaired) electrons. The second kappa shape index (κ2) is 7.13. The number of nitrogens with zero attached hydrogens (tertiary/aromatic N) is 2. The van der Waals surface area contributed by atoms with Crippen molar-refractivity contribution in [2.45, 2.75) is 45.2 Å². The van der Waals surface area contributed by atoms with Gasteiger partial charge in [0.1, 0.15) is 0 Å². The molecule has 1 amide bonds. The van der Waals surface area contributed by atoms with Crippen molar-refractivity contribution in [1.82, 2.24) is 9.47 Å². The lowest BCUT2D eigenvalue weighted by molar-refractivity contribution is -0.132. The van der Waals surface area contributed by atoms with Gasteiger partial charge in [-0.1, -0.05) is 41.7 Å². The van der Waals surface area contributed by atoms with Crippen LogP contribution >= 0.6 is 11.3 Å². The Morgan fingerprint density at radius 3 is 2.78 bits per heavy atom. The summed E-state index contributed by atoms with van der Waals surface area (Å²) in [5.41, 5.74) is 2.22. The van der Waals surface area contributed by atoms with Crippen LogP contribution in [-0.4, -0.2) is 28.0 Å². The van der Waals surface area contributed by atoms with E-state index in [-0.39, 0.29) is 10.8 Å². The molecule has 0 unspecified atom stereocenters. The van der Waals surface area contributed by atoms with Crippen molar-refractivity contribution in [3.05, 3.63) is 56.6 Å². The first-order chi connectivity index (χ1) is 11.1. The molecule has 0 saturated carbocycles. The van der Waals surface area contributed by atoms with Gasteiger partial charge in [-0.3, -0.25) is 9.59 Å². The fraction of sp³-hybridized carbons (Fsp3) is 0.444. The number of aromatic nitrogens is 1. The summed E-state index contributed by atoms with van der Waals surface area (Å²) in [7, 11) is 0. The molecule has 0 aliphatic carbocycles. The second-order valence-corrected chi connectivity index (χ2v) is 6.94. The molecule has 3 rings (SSSR count). The van der Waals surface area contributed by atoms with Crippen LogP contribution in [0.3, 0.4) is 0 Å². The summed E-state index contributed by atoms with van der Waals surface area (Å²) < 4.78 is 1.70. The van der Waals surface area contributed by atoms with E-state index in [1.165, 1.54) is 16.9 Å². The van der Waals surface area contributed by atoms with Crippen molar-refractivity contribution in [3.63, 3.8) is 0 Å². The van der Waals surface area contributed by atoms with Crippen LogP contribution in [0.4, 0.5) is 0 Å². The average molecular weight is 330 g/mol. The zero-order valence-electron chi connectivity index (χ0n) is 13.4. The first-order valence-electron chi connectivity index (χ1n) is 8.13. The monoisotopic (exact) mass is 330 g/mol. The largest absolute Gasteiger partial charge is 0.339 e. The Labute approximate surface area is 140 Å². The van der Waals surface area contributed by atoms with Gasteiger partial charge in [-0.15, -0.1) is 0 Å². The molecule has 5 heteroatoms. The molecule has 2 aromatic rings. The lowest BCUT2D eigenvalue weighted by Gasteiger charge is -2.25. The zero-order valence-corrected chi connectivity index (χ0v) is 14.2. The van der Waals surface area contributed by atoms with Crippen LogP contribution in [0.25, 0.3) is 0 Å². The molecule has 2 heterocycles. The lowest BCUT2D eigenvalue weighted by atomic mass is 10.0. The summed E-state index contributed by atoms with van der Waals surface area (Å²) in [5.74, 6) is 0.168. The standard InChI is InChI=1S/C18H22N2O2S/c1-14-13-23-18(22)19(14)11-9-17(21)20-10-5-8-16(20)12-15-6-3-2-4-7-15/h2-4,6-7,13,16H,5,8-12H2,1H3/t16-/m1/s1. The molecule has 1 saturated heterocycles. The zero-order chi connectivity index (χ0) is 16.2. The highest BCUT2D eigenvalue weighted by atomic mass is 32.1. The normalized spacial score (nSPS) is 17.6. The number of hydrogen-bond acceptors (Lipinski definition) is 3. The number of rotatable bonds is 5. The maximum absolute atomic E-state index is 12.6. The van der Waals surface area contributed by atoms with E-state index >= 15 is 0 Å². The molecule has 1 fully saturated rings. The van der Waals surface area contributed by atoms with Gasteiger partial charge in [-0.05, 0) is 31.7 Å². The Morgan fingerprint density at radius 2 is 2.09 bits per heavy atom. The molecule has 122 valence electrons. The third kappa shape index (κ3) is 3.72. The van der Waals surface area contributed by atoms with E-state index in [0.717, 1.165) is 31.5 Å². The number of aryl methyl sites for hydroxylation is 1. The summed E-state index contributed by atoms with van der Waals surface area (Å²) in [6.07, 6.45) is 3.46. The van der Waals surface area contributed by atoms with Crippen LogP contribution < -0.4 is 4.87 Å². The molecule has 1 aliphatic heterocycles. The Hall–Kier alpha value is -1.88. The van der Waals surface area contributed by atoms with Crippen LogP contribution in [0, 0.1) is 6.92 Å². The summed E-state index contributed by atoms with van der Waals surface area (Å²) in [5, 5.41) is 1.85. The van der Waals surface area contributed by atoms with E-state index in [0.29, 0.717) is 19.0 Å². The van der Waals surface area contributed by atoms with Crippen LogP contribution in [0.1, 0.15) is 30.5 Å². The second-order valence-electron chi connectivity index (χ2n) is 6.12. The minimum Gasteiger partial charge on any atom is -0.339 e. The average Bonchev–Trinajstić information content (AvgIpc) is 3.14. The first-order valence-corrected chi connectivity index (χ1v) is 9.01. The molecule has 4 nitrogen and oxygen atoms in total. The van der Waals surface area contributed by atoms with E-state index in [1.54, 1.807) is 4.57 Å². The van der Waals surface area contributed by atoms with Crippen molar-refractivity contribution in [3.8, 4) is 0 Å². The number of hydrogen-bond donors (Lipinski definition) is 0. The number of carbonyl (C=O) groups excluding carboxylic acids is 1. The van der Waals surface area contributed by atoms with Crippen molar-refractivity contribution in [2.75, 3.05) is 6.54 Å². The van der Waals surface area contributed by atoms with Gasteiger partial charge in [0.05, 0.1) is 0 Å². The first kappa shape index (κ1) is 16.0. The number of likely N-dealkylation sites (tertiary alicyclic amines) is 1. The van der Waals surface area contributed by atoms with Gasteiger partial charge < -0.3 is 9.47 Å². The summed E-state index contributed by atoms with van der Waals surface area (Å²) in [6, 6.07) is 10.6. The Balaban J connectivity index is 1.61. The molecule has 1 aliphatic rings. The molecule has 0 bridgehead atoms. The van der Waals surface area contributed by atoms with Crippen LogP contribution in [0.2, 0.25) is 0 Å².